The van der Waals surface area contributed by atoms with Crippen molar-refractivity contribution in [3.8, 4) is 28.8 Å². The Labute approximate surface area is 209 Å². The van der Waals surface area contributed by atoms with E-state index < -0.39 is 0 Å². The van der Waals surface area contributed by atoms with Crippen molar-refractivity contribution in [1.29, 1.82) is 0 Å². The molecule has 0 unspecified atom stereocenters. The topological polar surface area (TPSA) is 125 Å². The SMILES string of the molecule is Nc1nnc(-c2ccccc2O)cc1N1CCCN(c2ccnc(C#CCN3CCCC3=O)n2)CC1. The molecule has 0 spiro atoms. The summed E-state index contributed by atoms with van der Waals surface area (Å²) >= 11 is 0. The van der Waals surface area contributed by atoms with Crippen LogP contribution in [-0.4, -0.2) is 75.3 Å². The molecule has 3 aromatic rings. The summed E-state index contributed by atoms with van der Waals surface area (Å²) in [7, 11) is 0. The molecule has 36 heavy (non-hydrogen) atoms. The second kappa shape index (κ2) is 10.5. The molecule has 2 aromatic heterocycles. The number of phenols is 1. The van der Waals surface area contributed by atoms with Gasteiger partial charge in [0.1, 0.15) is 11.6 Å². The van der Waals surface area contributed by atoms with E-state index >= 15 is 0 Å². The molecule has 0 saturated carbocycles. The van der Waals surface area contributed by atoms with Gasteiger partial charge in [0.2, 0.25) is 11.7 Å². The summed E-state index contributed by atoms with van der Waals surface area (Å²) in [5.41, 5.74) is 8.20. The molecule has 0 aliphatic carbocycles. The molecule has 10 heteroatoms. The number of carbonyl (C=O) groups is 1. The van der Waals surface area contributed by atoms with Gasteiger partial charge in [-0.1, -0.05) is 18.1 Å². The first kappa shape index (κ1) is 23.4. The van der Waals surface area contributed by atoms with Crippen LogP contribution in [0.4, 0.5) is 17.3 Å². The minimum atomic E-state index is 0.152. The summed E-state index contributed by atoms with van der Waals surface area (Å²) in [5, 5.41) is 18.6. The first-order chi connectivity index (χ1) is 17.6. The van der Waals surface area contributed by atoms with Crippen molar-refractivity contribution in [3.63, 3.8) is 0 Å². The van der Waals surface area contributed by atoms with Crippen LogP contribution in [0.2, 0.25) is 0 Å². The van der Waals surface area contributed by atoms with Gasteiger partial charge in [0.05, 0.1) is 17.9 Å². The number of nitrogens with zero attached hydrogens (tertiary/aromatic N) is 7. The number of aromatic nitrogens is 4. The van der Waals surface area contributed by atoms with E-state index in [2.05, 4.69) is 41.8 Å². The quantitative estimate of drug-likeness (QED) is 0.534. The summed E-state index contributed by atoms with van der Waals surface area (Å²) in [6.45, 7) is 4.26. The number of nitrogen functional groups attached to an aromatic ring is 1. The maximum absolute atomic E-state index is 11.8. The van der Waals surface area contributed by atoms with Gasteiger partial charge in [0.25, 0.3) is 0 Å². The molecule has 4 heterocycles. The third kappa shape index (κ3) is 5.15. The highest BCUT2D eigenvalue weighted by Gasteiger charge is 2.21. The second-order valence-corrected chi connectivity index (χ2v) is 8.80. The lowest BCUT2D eigenvalue weighted by Gasteiger charge is -2.25. The average Bonchev–Trinajstić information content (AvgIpc) is 3.14. The Kier molecular flexibility index (Phi) is 6.80. The number of hydrogen-bond acceptors (Lipinski definition) is 9. The maximum Gasteiger partial charge on any atom is 0.223 e. The van der Waals surface area contributed by atoms with Gasteiger partial charge < -0.3 is 25.5 Å². The van der Waals surface area contributed by atoms with Crippen molar-refractivity contribution in [1.82, 2.24) is 25.1 Å². The van der Waals surface area contributed by atoms with Crippen LogP contribution in [-0.2, 0) is 4.79 Å². The molecule has 2 fully saturated rings. The number of anilines is 3. The van der Waals surface area contributed by atoms with E-state index in [1.54, 1.807) is 23.2 Å². The Bertz CT molecular complexity index is 1320. The average molecular weight is 485 g/mol. The van der Waals surface area contributed by atoms with Gasteiger partial charge in [-0.25, -0.2) is 9.97 Å². The summed E-state index contributed by atoms with van der Waals surface area (Å²) < 4.78 is 0. The molecule has 2 aliphatic heterocycles. The molecule has 5 rings (SSSR count). The lowest BCUT2D eigenvalue weighted by Crippen LogP contribution is -2.31. The van der Waals surface area contributed by atoms with Gasteiger partial charge in [0, 0.05) is 50.9 Å². The number of rotatable bonds is 4. The van der Waals surface area contributed by atoms with Crippen LogP contribution in [0.1, 0.15) is 25.1 Å². The van der Waals surface area contributed by atoms with E-state index in [0.29, 0.717) is 35.9 Å². The molecule has 10 nitrogen and oxygen atoms in total. The maximum atomic E-state index is 11.8. The molecular weight excluding hydrogens is 456 g/mol. The number of likely N-dealkylation sites (tertiary alicyclic amines) is 1. The van der Waals surface area contributed by atoms with E-state index in [1.807, 2.05) is 24.3 Å². The Morgan fingerprint density at radius 2 is 1.83 bits per heavy atom. The normalized spacial score (nSPS) is 16.0. The first-order valence-corrected chi connectivity index (χ1v) is 12.1. The predicted molar refractivity (Wildman–Crippen MR) is 137 cm³/mol. The molecular formula is C26H28N8O2. The minimum absolute atomic E-state index is 0.152. The predicted octanol–water partition coefficient (Wildman–Crippen LogP) is 1.91. The number of benzene rings is 1. The van der Waals surface area contributed by atoms with E-state index in [4.69, 9.17) is 5.73 Å². The fraction of sp³-hybridized carbons (Fsp3) is 0.346. The largest absolute Gasteiger partial charge is 0.507 e. The monoisotopic (exact) mass is 484 g/mol. The van der Waals surface area contributed by atoms with E-state index in [9.17, 15) is 9.90 Å². The van der Waals surface area contributed by atoms with Crippen LogP contribution in [0.25, 0.3) is 11.3 Å². The Morgan fingerprint density at radius 1 is 1.00 bits per heavy atom. The highest BCUT2D eigenvalue weighted by Crippen LogP contribution is 2.31. The van der Waals surface area contributed by atoms with E-state index in [-0.39, 0.29) is 11.7 Å². The molecule has 3 N–H and O–H groups in total. The smallest absolute Gasteiger partial charge is 0.223 e. The van der Waals surface area contributed by atoms with Gasteiger partial charge in [0.15, 0.2) is 5.82 Å². The highest BCUT2D eigenvalue weighted by molar-refractivity contribution is 5.78. The minimum Gasteiger partial charge on any atom is -0.507 e. The molecule has 2 aliphatic rings. The molecule has 0 atom stereocenters. The van der Waals surface area contributed by atoms with Gasteiger partial charge >= 0.3 is 0 Å². The fourth-order valence-electron chi connectivity index (χ4n) is 4.52. The number of hydrogen-bond donors (Lipinski definition) is 2. The lowest BCUT2D eigenvalue weighted by molar-refractivity contribution is -0.127. The molecule has 184 valence electrons. The summed E-state index contributed by atoms with van der Waals surface area (Å²) in [4.78, 5) is 26.9. The molecule has 0 radical (unpaired) electrons. The van der Waals surface area contributed by atoms with Gasteiger partial charge in [-0.05, 0) is 43.0 Å². The molecule has 2 saturated heterocycles. The second-order valence-electron chi connectivity index (χ2n) is 8.80. The van der Waals surface area contributed by atoms with Crippen LogP contribution < -0.4 is 15.5 Å². The van der Waals surface area contributed by atoms with Crippen LogP contribution in [0.5, 0.6) is 5.75 Å². The van der Waals surface area contributed by atoms with Crippen LogP contribution in [0.15, 0.2) is 42.6 Å². The van der Waals surface area contributed by atoms with Gasteiger partial charge in [-0.2, -0.15) is 0 Å². The third-order valence-corrected chi connectivity index (χ3v) is 6.42. The van der Waals surface area contributed by atoms with Crippen molar-refractivity contribution in [2.75, 3.05) is 54.8 Å². The van der Waals surface area contributed by atoms with Crippen molar-refractivity contribution in [2.24, 2.45) is 0 Å². The summed E-state index contributed by atoms with van der Waals surface area (Å²) in [5.74, 6) is 7.98. The number of para-hydroxylation sites is 1. The van der Waals surface area contributed by atoms with E-state index in [1.165, 1.54) is 0 Å². The third-order valence-electron chi connectivity index (χ3n) is 6.42. The first-order valence-electron chi connectivity index (χ1n) is 12.1. The van der Waals surface area contributed by atoms with Crippen molar-refractivity contribution >= 4 is 23.2 Å². The van der Waals surface area contributed by atoms with Crippen molar-refractivity contribution in [2.45, 2.75) is 19.3 Å². The highest BCUT2D eigenvalue weighted by atomic mass is 16.3. The summed E-state index contributed by atoms with van der Waals surface area (Å²) in [6, 6.07) is 10.8. The molecule has 1 aromatic carbocycles. The van der Waals surface area contributed by atoms with Crippen LogP contribution in [0, 0.1) is 11.8 Å². The van der Waals surface area contributed by atoms with Crippen molar-refractivity contribution in [3.05, 3.63) is 48.4 Å². The Balaban J connectivity index is 1.28. The van der Waals surface area contributed by atoms with E-state index in [0.717, 1.165) is 57.1 Å². The lowest BCUT2D eigenvalue weighted by atomic mass is 10.1. The molecule has 1 amide bonds. The zero-order valence-corrected chi connectivity index (χ0v) is 20.0. The van der Waals surface area contributed by atoms with Crippen molar-refractivity contribution < 1.29 is 9.90 Å². The number of aromatic hydroxyl groups is 1. The number of nitrogens with two attached hydrogens (primary N) is 1. The summed E-state index contributed by atoms with van der Waals surface area (Å²) in [6.07, 6.45) is 4.13. The number of phenolic OH excluding ortho intramolecular Hbond substituents is 1. The van der Waals surface area contributed by atoms with Crippen LogP contribution >= 0.6 is 0 Å². The standard InChI is InChI=1S/C26H28N8O2/c27-26-21(18-20(30-31-26)19-6-1-2-7-22(19)35)32-14-5-15-33(17-16-32)24-10-11-28-23(29-24)8-3-12-34-13-4-9-25(34)36/h1-2,6-7,10-11,18,35H,4-5,9,12-17H2,(H2,27,31). The van der Waals surface area contributed by atoms with Crippen LogP contribution in [0.3, 0.4) is 0 Å². The Hall–Kier alpha value is -4.39. The molecule has 0 bridgehead atoms. The zero-order chi connectivity index (χ0) is 24.9. The fourth-order valence-corrected chi connectivity index (χ4v) is 4.52. The van der Waals surface area contributed by atoms with Gasteiger partial charge in [-0.3, -0.25) is 4.79 Å². The zero-order valence-electron chi connectivity index (χ0n) is 20.0. The number of amides is 1. The number of carbonyl (C=O) groups excluding carboxylic acids is 1. The van der Waals surface area contributed by atoms with Gasteiger partial charge in [-0.15, -0.1) is 10.2 Å². The Morgan fingerprint density at radius 3 is 2.67 bits per heavy atom.